The normalized spacial score (nSPS) is 11.0. The van der Waals surface area contributed by atoms with Crippen molar-refractivity contribution < 1.29 is 0 Å². The van der Waals surface area contributed by atoms with E-state index >= 15 is 0 Å². The zero-order valence-corrected chi connectivity index (χ0v) is 12.5. The predicted molar refractivity (Wildman–Crippen MR) is 89.6 cm³/mol. The molecule has 0 unspecified atom stereocenters. The summed E-state index contributed by atoms with van der Waals surface area (Å²) < 4.78 is 0. The van der Waals surface area contributed by atoms with Crippen LogP contribution in [0, 0.1) is 0 Å². The molecule has 0 bridgehead atoms. The summed E-state index contributed by atoms with van der Waals surface area (Å²) in [5, 5.41) is 4.68. The van der Waals surface area contributed by atoms with Gasteiger partial charge in [0, 0.05) is 23.8 Å². The molecule has 2 aromatic carbocycles. The fourth-order valence-electron chi connectivity index (χ4n) is 2.47. The maximum atomic E-state index is 4.39. The van der Waals surface area contributed by atoms with Gasteiger partial charge in [0.05, 0.1) is 5.52 Å². The van der Waals surface area contributed by atoms with Gasteiger partial charge in [0.2, 0.25) is 0 Å². The van der Waals surface area contributed by atoms with E-state index in [2.05, 4.69) is 54.5 Å². The van der Waals surface area contributed by atoms with Gasteiger partial charge in [0.1, 0.15) is 0 Å². The number of benzene rings is 2. The van der Waals surface area contributed by atoms with Crippen LogP contribution in [0.1, 0.15) is 30.9 Å². The van der Waals surface area contributed by atoms with Gasteiger partial charge in [-0.05, 0) is 29.2 Å². The van der Waals surface area contributed by atoms with Gasteiger partial charge in [0.15, 0.2) is 0 Å². The third-order valence-electron chi connectivity index (χ3n) is 3.78. The number of aromatic nitrogens is 1. The molecule has 1 aromatic heterocycles. The number of nitrogens with zero attached hydrogens (tertiary/aromatic N) is 1. The fraction of sp³-hybridized carbons (Fsp3) is 0.211. The van der Waals surface area contributed by atoms with Crippen LogP contribution in [0.25, 0.3) is 10.9 Å². The number of hydrogen-bond donors (Lipinski definition) is 1. The Morgan fingerprint density at radius 3 is 2.48 bits per heavy atom. The number of hydrogen-bond acceptors (Lipinski definition) is 2. The van der Waals surface area contributed by atoms with E-state index in [1.54, 1.807) is 0 Å². The number of pyridine rings is 1. The summed E-state index contributed by atoms with van der Waals surface area (Å²) in [6.07, 6.45) is 1.85. The van der Waals surface area contributed by atoms with Crippen LogP contribution < -0.4 is 5.32 Å². The summed E-state index contributed by atoms with van der Waals surface area (Å²) in [5.74, 6) is 0.580. The van der Waals surface area contributed by atoms with Crippen molar-refractivity contribution in [2.75, 3.05) is 5.32 Å². The van der Waals surface area contributed by atoms with Gasteiger partial charge in [-0.25, -0.2) is 0 Å². The summed E-state index contributed by atoms with van der Waals surface area (Å²) in [6, 6.07) is 19.1. The minimum atomic E-state index is 0.580. The van der Waals surface area contributed by atoms with E-state index in [4.69, 9.17) is 0 Å². The van der Waals surface area contributed by atoms with Crippen LogP contribution in [-0.2, 0) is 6.54 Å². The molecule has 0 fully saturated rings. The monoisotopic (exact) mass is 276 g/mol. The zero-order valence-electron chi connectivity index (χ0n) is 12.5. The lowest BCUT2D eigenvalue weighted by Crippen LogP contribution is -2.00. The molecule has 0 atom stereocenters. The van der Waals surface area contributed by atoms with E-state index in [-0.39, 0.29) is 0 Å². The summed E-state index contributed by atoms with van der Waals surface area (Å²) in [4.78, 5) is 4.39. The van der Waals surface area contributed by atoms with Gasteiger partial charge in [-0.1, -0.05) is 56.3 Å². The lowest BCUT2D eigenvalue weighted by Gasteiger charge is -2.11. The SMILES string of the molecule is CC(C)c1ccc(CNc2ccnc3ccccc23)cc1. The highest BCUT2D eigenvalue weighted by Crippen LogP contribution is 2.22. The number of anilines is 1. The molecule has 2 heteroatoms. The molecule has 21 heavy (non-hydrogen) atoms. The van der Waals surface area contributed by atoms with Crippen LogP contribution in [0.3, 0.4) is 0 Å². The third-order valence-corrected chi connectivity index (χ3v) is 3.78. The van der Waals surface area contributed by atoms with Crippen LogP contribution in [-0.4, -0.2) is 4.98 Å². The maximum Gasteiger partial charge on any atom is 0.0722 e. The topological polar surface area (TPSA) is 24.9 Å². The Bertz CT molecular complexity index is 725. The summed E-state index contributed by atoms with van der Waals surface area (Å²) in [6.45, 7) is 5.26. The first-order valence-corrected chi connectivity index (χ1v) is 7.40. The van der Waals surface area contributed by atoms with Crippen molar-refractivity contribution in [1.82, 2.24) is 4.98 Å². The highest BCUT2D eigenvalue weighted by atomic mass is 14.9. The largest absolute Gasteiger partial charge is 0.380 e. The molecular weight excluding hydrogens is 256 g/mol. The molecule has 0 saturated carbocycles. The predicted octanol–water partition coefficient (Wildman–Crippen LogP) is 4.97. The average molecular weight is 276 g/mol. The van der Waals surface area contributed by atoms with Crippen molar-refractivity contribution in [3.05, 3.63) is 71.9 Å². The molecular formula is C19H20N2. The van der Waals surface area contributed by atoms with Crippen LogP contribution in [0.15, 0.2) is 60.8 Å². The second kappa shape index (κ2) is 5.96. The van der Waals surface area contributed by atoms with Crippen LogP contribution in [0.4, 0.5) is 5.69 Å². The Balaban J connectivity index is 1.77. The molecule has 3 rings (SSSR count). The van der Waals surface area contributed by atoms with E-state index < -0.39 is 0 Å². The number of para-hydroxylation sites is 1. The van der Waals surface area contributed by atoms with E-state index in [0.717, 1.165) is 17.7 Å². The molecule has 1 N–H and O–H groups in total. The molecule has 106 valence electrons. The molecule has 0 aliphatic rings. The number of rotatable bonds is 4. The summed E-state index contributed by atoms with van der Waals surface area (Å²) in [5.41, 5.74) is 4.83. The molecule has 0 aliphatic heterocycles. The Labute approximate surface area is 125 Å². The van der Waals surface area contributed by atoms with E-state index in [1.807, 2.05) is 30.5 Å². The van der Waals surface area contributed by atoms with Crippen molar-refractivity contribution in [1.29, 1.82) is 0 Å². The first-order chi connectivity index (χ1) is 10.2. The molecule has 0 aliphatic carbocycles. The molecule has 0 saturated heterocycles. The summed E-state index contributed by atoms with van der Waals surface area (Å²) in [7, 11) is 0. The Morgan fingerprint density at radius 2 is 1.71 bits per heavy atom. The first-order valence-electron chi connectivity index (χ1n) is 7.40. The van der Waals surface area contributed by atoms with Gasteiger partial charge in [-0.15, -0.1) is 0 Å². The Hall–Kier alpha value is -2.35. The van der Waals surface area contributed by atoms with Crippen LogP contribution in [0.2, 0.25) is 0 Å². The first kappa shape index (κ1) is 13.6. The molecule has 0 spiro atoms. The summed E-state index contributed by atoms with van der Waals surface area (Å²) >= 11 is 0. The highest BCUT2D eigenvalue weighted by molar-refractivity contribution is 5.90. The number of nitrogens with one attached hydrogen (secondary N) is 1. The van der Waals surface area contributed by atoms with Crippen molar-refractivity contribution in [3.8, 4) is 0 Å². The highest BCUT2D eigenvalue weighted by Gasteiger charge is 2.02. The van der Waals surface area contributed by atoms with Crippen molar-refractivity contribution in [2.45, 2.75) is 26.3 Å². The zero-order chi connectivity index (χ0) is 14.7. The van der Waals surface area contributed by atoms with E-state index in [1.165, 1.54) is 16.5 Å². The molecule has 0 radical (unpaired) electrons. The standard InChI is InChI=1S/C19H20N2/c1-14(2)16-9-7-15(8-10-16)13-21-19-11-12-20-18-6-4-3-5-17(18)19/h3-12,14H,13H2,1-2H3,(H,20,21). The second-order valence-electron chi connectivity index (χ2n) is 5.63. The van der Waals surface area contributed by atoms with Crippen LogP contribution >= 0.6 is 0 Å². The van der Waals surface area contributed by atoms with Gasteiger partial charge in [-0.2, -0.15) is 0 Å². The van der Waals surface area contributed by atoms with Gasteiger partial charge < -0.3 is 5.32 Å². The van der Waals surface area contributed by atoms with Gasteiger partial charge in [0.25, 0.3) is 0 Å². The molecule has 1 heterocycles. The van der Waals surface area contributed by atoms with E-state index in [9.17, 15) is 0 Å². The third kappa shape index (κ3) is 3.05. The molecule has 2 nitrogen and oxygen atoms in total. The van der Waals surface area contributed by atoms with E-state index in [0.29, 0.717) is 5.92 Å². The van der Waals surface area contributed by atoms with Gasteiger partial charge >= 0.3 is 0 Å². The van der Waals surface area contributed by atoms with Crippen molar-refractivity contribution in [3.63, 3.8) is 0 Å². The minimum absolute atomic E-state index is 0.580. The Kier molecular flexibility index (Phi) is 3.87. The van der Waals surface area contributed by atoms with Crippen molar-refractivity contribution in [2.24, 2.45) is 0 Å². The quantitative estimate of drug-likeness (QED) is 0.727. The fourth-order valence-corrected chi connectivity index (χ4v) is 2.47. The smallest absolute Gasteiger partial charge is 0.0722 e. The Morgan fingerprint density at radius 1 is 0.952 bits per heavy atom. The maximum absolute atomic E-state index is 4.39. The average Bonchev–Trinajstić information content (AvgIpc) is 2.53. The lowest BCUT2D eigenvalue weighted by atomic mass is 10.0. The second-order valence-corrected chi connectivity index (χ2v) is 5.63. The van der Waals surface area contributed by atoms with Crippen LogP contribution in [0.5, 0.6) is 0 Å². The van der Waals surface area contributed by atoms with Gasteiger partial charge in [-0.3, -0.25) is 4.98 Å². The lowest BCUT2D eigenvalue weighted by molar-refractivity contribution is 0.865. The number of fused-ring (bicyclic) bond motifs is 1. The molecule has 0 amide bonds. The van der Waals surface area contributed by atoms with Crippen molar-refractivity contribution >= 4 is 16.6 Å². The molecule has 3 aromatic rings. The minimum Gasteiger partial charge on any atom is -0.380 e.